The molecule has 0 radical (unpaired) electrons. The first-order valence-electron chi connectivity index (χ1n) is 8.31. The van der Waals surface area contributed by atoms with Crippen molar-refractivity contribution < 1.29 is 9.59 Å². The van der Waals surface area contributed by atoms with E-state index in [4.69, 9.17) is 0 Å². The molecular weight excluding hydrogens is 330 g/mol. The minimum Gasteiger partial charge on any atom is -0.342 e. The molecule has 7 nitrogen and oxygen atoms in total. The molecule has 1 aromatic heterocycles. The maximum atomic E-state index is 12.2. The monoisotopic (exact) mass is 349 g/mol. The first-order chi connectivity index (χ1) is 12.7. The van der Waals surface area contributed by atoms with Gasteiger partial charge in [0.25, 0.3) is 5.91 Å². The summed E-state index contributed by atoms with van der Waals surface area (Å²) >= 11 is 0. The highest BCUT2D eigenvalue weighted by molar-refractivity contribution is 5.98. The van der Waals surface area contributed by atoms with E-state index in [1.807, 2.05) is 61.5 Å². The van der Waals surface area contributed by atoms with Crippen LogP contribution in [0.25, 0.3) is 5.69 Å². The zero-order valence-corrected chi connectivity index (χ0v) is 14.3. The molecule has 7 heteroatoms. The van der Waals surface area contributed by atoms with Gasteiger partial charge in [0.2, 0.25) is 5.91 Å². The summed E-state index contributed by atoms with van der Waals surface area (Å²) in [6.07, 6.45) is 2.18. The van der Waals surface area contributed by atoms with Crippen LogP contribution in [0.1, 0.15) is 23.0 Å². The Morgan fingerprint density at radius 2 is 1.77 bits per heavy atom. The van der Waals surface area contributed by atoms with E-state index in [0.29, 0.717) is 0 Å². The van der Waals surface area contributed by atoms with Crippen LogP contribution in [0.3, 0.4) is 0 Å². The molecule has 0 fully saturated rings. The summed E-state index contributed by atoms with van der Waals surface area (Å²) in [5.74, 6) is -0.749. The number of anilines is 1. The number of aryl methyl sites for hydroxylation is 1. The van der Waals surface area contributed by atoms with E-state index in [-0.39, 0.29) is 18.1 Å². The van der Waals surface area contributed by atoms with Gasteiger partial charge in [0.05, 0.1) is 18.4 Å². The number of rotatable bonds is 6. The lowest BCUT2D eigenvalue weighted by atomic mass is 10.1. The van der Waals surface area contributed by atoms with E-state index in [1.54, 1.807) is 0 Å². The molecule has 0 aliphatic heterocycles. The van der Waals surface area contributed by atoms with Gasteiger partial charge in [-0.2, -0.15) is 9.90 Å². The van der Waals surface area contributed by atoms with E-state index < -0.39 is 5.91 Å². The van der Waals surface area contributed by atoms with Crippen molar-refractivity contribution >= 4 is 17.5 Å². The number of benzene rings is 2. The van der Waals surface area contributed by atoms with Crippen LogP contribution in [0.4, 0.5) is 5.69 Å². The van der Waals surface area contributed by atoms with E-state index in [1.165, 1.54) is 11.0 Å². The van der Waals surface area contributed by atoms with E-state index in [9.17, 15) is 9.59 Å². The number of nitrogens with zero attached hydrogens (tertiary/aromatic N) is 3. The molecule has 0 saturated carbocycles. The highest BCUT2D eigenvalue weighted by Gasteiger charge is 2.13. The highest BCUT2D eigenvalue weighted by Crippen LogP contribution is 2.15. The van der Waals surface area contributed by atoms with Crippen molar-refractivity contribution in [3.8, 4) is 5.69 Å². The molecule has 3 rings (SSSR count). The lowest BCUT2D eigenvalue weighted by Gasteiger charge is -2.09. The Labute approximate surface area is 151 Å². The molecule has 0 saturated heterocycles. The Hall–Kier alpha value is -3.48. The molecule has 132 valence electrons. The first kappa shape index (κ1) is 17.3. The zero-order valence-electron chi connectivity index (χ0n) is 14.3. The highest BCUT2D eigenvalue weighted by atomic mass is 16.2. The van der Waals surface area contributed by atoms with Gasteiger partial charge in [-0.25, -0.2) is 0 Å². The van der Waals surface area contributed by atoms with Gasteiger partial charge < -0.3 is 10.6 Å². The Balaban J connectivity index is 1.57. The third-order valence-corrected chi connectivity index (χ3v) is 3.79. The van der Waals surface area contributed by atoms with E-state index in [2.05, 4.69) is 20.8 Å². The molecule has 0 atom stereocenters. The maximum absolute atomic E-state index is 12.2. The van der Waals surface area contributed by atoms with Gasteiger partial charge in [0.1, 0.15) is 0 Å². The predicted molar refractivity (Wildman–Crippen MR) is 98.1 cm³/mol. The quantitative estimate of drug-likeness (QED) is 0.714. The average Bonchev–Trinajstić information content (AvgIpc) is 3.17. The molecule has 26 heavy (non-hydrogen) atoms. The number of nitrogens with one attached hydrogen (secondary N) is 2. The normalized spacial score (nSPS) is 10.3. The molecule has 1 heterocycles. The molecule has 0 aliphatic carbocycles. The summed E-state index contributed by atoms with van der Waals surface area (Å²) < 4.78 is 0. The number of para-hydroxylation sites is 2. The molecule has 0 unspecified atom stereocenters. The minimum atomic E-state index is -0.453. The van der Waals surface area contributed by atoms with Gasteiger partial charge in [-0.15, -0.1) is 5.10 Å². The van der Waals surface area contributed by atoms with Gasteiger partial charge in [-0.3, -0.25) is 9.59 Å². The third-order valence-electron chi connectivity index (χ3n) is 3.79. The van der Waals surface area contributed by atoms with Crippen molar-refractivity contribution in [3.63, 3.8) is 0 Å². The van der Waals surface area contributed by atoms with Crippen LogP contribution in [-0.2, 0) is 11.2 Å². The Morgan fingerprint density at radius 1 is 1.04 bits per heavy atom. The minimum absolute atomic E-state index is 0.144. The molecule has 0 spiro atoms. The summed E-state index contributed by atoms with van der Waals surface area (Å²) in [7, 11) is 0. The predicted octanol–water partition coefficient (Wildman–Crippen LogP) is 2.20. The topological polar surface area (TPSA) is 88.9 Å². The van der Waals surface area contributed by atoms with Gasteiger partial charge in [-0.1, -0.05) is 43.3 Å². The van der Waals surface area contributed by atoms with E-state index in [0.717, 1.165) is 23.4 Å². The zero-order chi connectivity index (χ0) is 18.4. The second kappa shape index (κ2) is 8.06. The summed E-state index contributed by atoms with van der Waals surface area (Å²) in [4.78, 5) is 25.6. The molecule has 2 amide bonds. The first-order valence-corrected chi connectivity index (χ1v) is 8.31. The molecular formula is C19H19N5O2. The lowest BCUT2D eigenvalue weighted by Crippen LogP contribution is -2.33. The number of aromatic nitrogens is 3. The van der Waals surface area contributed by atoms with Crippen molar-refractivity contribution in [2.75, 3.05) is 11.9 Å². The number of carbonyl (C=O) groups is 2. The van der Waals surface area contributed by atoms with Crippen molar-refractivity contribution in [3.05, 3.63) is 72.1 Å². The molecule has 0 bridgehead atoms. The molecule has 2 N–H and O–H groups in total. The SMILES string of the molecule is CCc1ccccc1NC(=O)CNC(=O)c1cnn(-c2ccccc2)n1. The fourth-order valence-electron chi connectivity index (χ4n) is 2.45. The second-order valence-electron chi connectivity index (χ2n) is 5.60. The van der Waals surface area contributed by atoms with Crippen LogP contribution in [0.5, 0.6) is 0 Å². The number of hydrogen-bond acceptors (Lipinski definition) is 4. The van der Waals surface area contributed by atoms with E-state index >= 15 is 0 Å². The summed E-state index contributed by atoms with van der Waals surface area (Å²) in [5.41, 5.74) is 2.69. The summed E-state index contributed by atoms with van der Waals surface area (Å²) in [6, 6.07) is 16.8. The lowest BCUT2D eigenvalue weighted by molar-refractivity contribution is -0.115. The average molecular weight is 349 g/mol. The van der Waals surface area contributed by atoms with Gasteiger partial charge in [-0.05, 0) is 30.2 Å². The number of carbonyl (C=O) groups excluding carboxylic acids is 2. The van der Waals surface area contributed by atoms with Gasteiger partial charge >= 0.3 is 0 Å². The maximum Gasteiger partial charge on any atom is 0.273 e. The van der Waals surface area contributed by atoms with Gasteiger partial charge in [0, 0.05) is 5.69 Å². The molecule has 2 aromatic carbocycles. The van der Waals surface area contributed by atoms with Crippen molar-refractivity contribution in [1.29, 1.82) is 0 Å². The third kappa shape index (κ3) is 4.13. The fourth-order valence-corrected chi connectivity index (χ4v) is 2.45. The van der Waals surface area contributed by atoms with Crippen LogP contribution in [0.2, 0.25) is 0 Å². The van der Waals surface area contributed by atoms with Crippen molar-refractivity contribution in [1.82, 2.24) is 20.3 Å². The van der Waals surface area contributed by atoms with Crippen LogP contribution in [0, 0.1) is 0 Å². The largest absolute Gasteiger partial charge is 0.342 e. The number of amides is 2. The van der Waals surface area contributed by atoms with Crippen LogP contribution in [-0.4, -0.2) is 33.4 Å². The fraction of sp³-hybridized carbons (Fsp3) is 0.158. The standard InChI is InChI=1S/C19H19N5O2/c1-2-14-8-6-7-11-16(14)22-18(25)13-20-19(26)17-12-21-24(23-17)15-9-4-3-5-10-15/h3-12H,2,13H2,1H3,(H,20,26)(H,22,25). The summed E-state index contributed by atoms with van der Waals surface area (Å²) in [6.45, 7) is 1.87. The second-order valence-corrected chi connectivity index (χ2v) is 5.60. The Bertz CT molecular complexity index is 905. The van der Waals surface area contributed by atoms with Crippen LogP contribution >= 0.6 is 0 Å². The number of hydrogen-bond donors (Lipinski definition) is 2. The van der Waals surface area contributed by atoms with Gasteiger partial charge in [0.15, 0.2) is 5.69 Å². The smallest absolute Gasteiger partial charge is 0.273 e. The van der Waals surface area contributed by atoms with Crippen molar-refractivity contribution in [2.45, 2.75) is 13.3 Å². The molecule has 0 aliphatic rings. The summed E-state index contributed by atoms with van der Waals surface area (Å²) in [5, 5.41) is 13.6. The Morgan fingerprint density at radius 3 is 2.54 bits per heavy atom. The molecule has 3 aromatic rings. The van der Waals surface area contributed by atoms with Crippen LogP contribution in [0.15, 0.2) is 60.8 Å². The van der Waals surface area contributed by atoms with Crippen molar-refractivity contribution in [2.24, 2.45) is 0 Å². The Kier molecular flexibility index (Phi) is 5.38. The van der Waals surface area contributed by atoms with Crippen LogP contribution < -0.4 is 10.6 Å².